The Balaban J connectivity index is 3.33. The second kappa shape index (κ2) is 5.87. The first-order chi connectivity index (χ1) is 9.82. The van der Waals surface area contributed by atoms with Crippen molar-refractivity contribution in [2.24, 2.45) is 0 Å². The second-order valence-corrected chi connectivity index (χ2v) is 6.86. The Labute approximate surface area is 129 Å². The van der Waals surface area contributed by atoms with Gasteiger partial charge < -0.3 is 19.7 Å². The number of phenols is 2. The van der Waals surface area contributed by atoms with Gasteiger partial charge in [0.1, 0.15) is 16.8 Å². The molecule has 0 radical (unpaired) electrons. The van der Waals surface area contributed by atoms with Crippen LogP contribution in [0.4, 0.5) is 0 Å². The van der Waals surface area contributed by atoms with Crippen LogP contribution in [-0.2, 0) is 9.47 Å². The highest BCUT2D eigenvalue weighted by Gasteiger charge is 2.30. The standard InChI is InChI=1S/C16H22O6/c1-15(2,3)21-13(19)9-7-8-10(17)12(18)11(9)14(20)22-16(4,5)6/h7-8,17-18H,1-6H3. The van der Waals surface area contributed by atoms with E-state index in [1.54, 1.807) is 41.5 Å². The van der Waals surface area contributed by atoms with Crippen LogP contribution < -0.4 is 0 Å². The van der Waals surface area contributed by atoms with Gasteiger partial charge in [-0.3, -0.25) is 0 Å². The SMILES string of the molecule is CC(C)(C)OC(=O)c1ccc(O)c(O)c1C(=O)OC(C)(C)C. The van der Waals surface area contributed by atoms with Crippen LogP contribution in [0.5, 0.6) is 11.5 Å². The Hall–Kier alpha value is -2.24. The van der Waals surface area contributed by atoms with Crippen LogP contribution in [0.1, 0.15) is 62.3 Å². The van der Waals surface area contributed by atoms with E-state index >= 15 is 0 Å². The Morgan fingerprint density at radius 2 is 1.32 bits per heavy atom. The molecule has 0 saturated carbocycles. The van der Waals surface area contributed by atoms with Crippen molar-refractivity contribution >= 4 is 11.9 Å². The van der Waals surface area contributed by atoms with Crippen LogP contribution in [-0.4, -0.2) is 33.4 Å². The van der Waals surface area contributed by atoms with Gasteiger partial charge in [0.25, 0.3) is 0 Å². The molecule has 0 aromatic heterocycles. The summed E-state index contributed by atoms with van der Waals surface area (Å²) in [7, 11) is 0. The lowest BCUT2D eigenvalue weighted by molar-refractivity contribution is 0.00156. The molecule has 0 saturated heterocycles. The highest BCUT2D eigenvalue weighted by atomic mass is 16.6. The van der Waals surface area contributed by atoms with Gasteiger partial charge in [0, 0.05) is 0 Å². The first kappa shape index (κ1) is 17.8. The Morgan fingerprint density at radius 3 is 1.77 bits per heavy atom. The number of hydrogen-bond acceptors (Lipinski definition) is 6. The van der Waals surface area contributed by atoms with Crippen LogP contribution in [0.2, 0.25) is 0 Å². The van der Waals surface area contributed by atoms with Gasteiger partial charge in [-0.05, 0) is 53.7 Å². The number of aromatic hydroxyl groups is 2. The summed E-state index contributed by atoms with van der Waals surface area (Å²) in [6.45, 7) is 9.99. The predicted molar refractivity (Wildman–Crippen MR) is 80.1 cm³/mol. The number of carbonyl (C=O) groups excluding carboxylic acids is 2. The molecule has 2 N–H and O–H groups in total. The molecule has 6 nitrogen and oxygen atoms in total. The Bertz CT molecular complexity index is 590. The molecule has 0 atom stereocenters. The van der Waals surface area contributed by atoms with E-state index in [4.69, 9.17) is 9.47 Å². The summed E-state index contributed by atoms with van der Waals surface area (Å²) in [5.41, 5.74) is -2.17. The van der Waals surface area contributed by atoms with Crippen molar-refractivity contribution < 1.29 is 29.3 Å². The third-order valence-electron chi connectivity index (χ3n) is 2.38. The van der Waals surface area contributed by atoms with E-state index in [-0.39, 0.29) is 5.56 Å². The van der Waals surface area contributed by atoms with Gasteiger partial charge in [-0.1, -0.05) is 0 Å². The first-order valence-corrected chi connectivity index (χ1v) is 6.83. The topological polar surface area (TPSA) is 93.1 Å². The van der Waals surface area contributed by atoms with Crippen LogP contribution in [0.3, 0.4) is 0 Å². The molecule has 0 fully saturated rings. The molecule has 0 spiro atoms. The molecule has 0 aliphatic heterocycles. The van der Waals surface area contributed by atoms with E-state index in [1.807, 2.05) is 0 Å². The molecule has 0 unspecified atom stereocenters. The average Bonchev–Trinajstić information content (AvgIpc) is 2.27. The third-order valence-corrected chi connectivity index (χ3v) is 2.38. The van der Waals surface area contributed by atoms with E-state index in [0.717, 1.165) is 6.07 Å². The van der Waals surface area contributed by atoms with Gasteiger partial charge in [-0.2, -0.15) is 0 Å². The predicted octanol–water partition coefficient (Wildman–Crippen LogP) is 3.01. The minimum absolute atomic E-state index is 0.167. The van der Waals surface area contributed by atoms with Crippen LogP contribution in [0.15, 0.2) is 12.1 Å². The van der Waals surface area contributed by atoms with Gasteiger partial charge in [-0.25, -0.2) is 9.59 Å². The van der Waals surface area contributed by atoms with Crippen molar-refractivity contribution in [1.29, 1.82) is 0 Å². The zero-order valence-corrected chi connectivity index (χ0v) is 13.7. The number of hydrogen-bond donors (Lipinski definition) is 2. The van der Waals surface area contributed by atoms with Crippen LogP contribution in [0.25, 0.3) is 0 Å². The highest BCUT2D eigenvalue weighted by molar-refractivity contribution is 6.06. The normalized spacial score (nSPS) is 11.9. The van der Waals surface area contributed by atoms with Crippen molar-refractivity contribution in [3.63, 3.8) is 0 Å². The highest BCUT2D eigenvalue weighted by Crippen LogP contribution is 2.33. The quantitative estimate of drug-likeness (QED) is 0.644. The van der Waals surface area contributed by atoms with E-state index in [9.17, 15) is 19.8 Å². The molecule has 6 heteroatoms. The number of benzene rings is 1. The van der Waals surface area contributed by atoms with Gasteiger partial charge >= 0.3 is 11.9 Å². The van der Waals surface area contributed by atoms with Gasteiger partial charge in [0.15, 0.2) is 11.5 Å². The van der Waals surface area contributed by atoms with Crippen LogP contribution in [0, 0.1) is 0 Å². The van der Waals surface area contributed by atoms with E-state index in [1.165, 1.54) is 6.07 Å². The Kier molecular flexibility index (Phi) is 4.75. The number of rotatable bonds is 2. The second-order valence-electron chi connectivity index (χ2n) is 6.86. The Morgan fingerprint density at radius 1 is 0.864 bits per heavy atom. The number of carbonyl (C=O) groups is 2. The van der Waals surface area contributed by atoms with E-state index in [0.29, 0.717) is 0 Å². The zero-order chi connectivity index (χ0) is 17.3. The number of esters is 2. The van der Waals surface area contributed by atoms with Crippen molar-refractivity contribution in [1.82, 2.24) is 0 Å². The van der Waals surface area contributed by atoms with Gasteiger partial charge in [0.2, 0.25) is 0 Å². The minimum Gasteiger partial charge on any atom is -0.504 e. The average molecular weight is 310 g/mol. The first-order valence-electron chi connectivity index (χ1n) is 6.83. The molecule has 0 bridgehead atoms. The van der Waals surface area contributed by atoms with Gasteiger partial charge in [-0.15, -0.1) is 0 Å². The lowest BCUT2D eigenvalue weighted by atomic mass is 10.0. The molecule has 0 amide bonds. The fraction of sp³-hybridized carbons (Fsp3) is 0.500. The van der Waals surface area contributed by atoms with Crippen molar-refractivity contribution in [2.75, 3.05) is 0 Å². The number of ether oxygens (including phenoxy) is 2. The molecule has 0 heterocycles. The fourth-order valence-electron chi connectivity index (χ4n) is 1.62. The number of phenolic OH excluding ortho intramolecular Hbond substituents is 2. The lowest BCUT2D eigenvalue weighted by Crippen LogP contribution is -2.28. The molecule has 0 aliphatic carbocycles. The van der Waals surface area contributed by atoms with Crippen molar-refractivity contribution in [3.8, 4) is 11.5 Å². The maximum Gasteiger partial charge on any atom is 0.343 e. The summed E-state index contributed by atoms with van der Waals surface area (Å²) in [6, 6.07) is 2.32. The molecule has 122 valence electrons. The van der Waals surface area contributed by atoms with Crippen LogP contribution >= 0.6 is 0 Å². The molecule has 1 rings (SSSR count). The monoisotopic (exact) mass is 310 g/mol. The molecular formula is C16H22O6. The van der Waals surface area contributed by atoms with Crippen molar-refractivity contribution in [3.05, 3.63) is 23.3 Å². The summed E-state index contributed by atoms with van der Waals surface area (Å²) in [5, 5.41) is 19.5. The van der Waals surface area contributed by atoms with E-state index < -0.39 is 40.2 Å². The van der Waals surface area contributed by atoms with Crippen molar-refractivity contribution in [2.45, 2.75) is 52.7 Å². The molecule has 22 heavy (non-hydrogen) atoms. The summed E-state index contributed by atoms with van der Waals surface area (Å²) >= 11 is 0. The molecule has 1 aromatic rings. The summed E-state index contributed by atoms with van der Waals surface area (Å²) in [5.74, 6) is -2.93. The lowest BCUT2D eigenvalue weighted by Gasteiger charge is -2.23. The molecule has 0 aliphatic rings. The maximum atomic E-state index is 12.2. The smallest absolute Gasteiger partial charge is 0.343 e. The summed E-state index contributed by atoms with van der Waals surface area (Å²) in [4.78, 5) is 24.4. The summed E-state index contributed by atoms with van der Waals surface area (Å²) < 4.78 is 10.4. The van der Waals surface area contributed by atoms with Gasteiger partial charge in [0.05, 0.1) is 5.56 Å². The molecule has 1 aromatic carbocycles. The largest absolute Gasteiger partial charge is 0.504 e. The minimum atomic E-state index is -0.915. The maximum absolute atomic E-state index is 12.2. The fourth-order valence-corrected chi connectivity index (χ4v) is 1.62. The molecular weight excluding hydrogens is 288 g/mol. The van der Waals surface area contributed by atoms with E-state index in [2.05, 4.69) is 0 Å². The third kappa shape index (κ3) is 4.65. The summed E-state index contributed by atoms with van der Waals surface area (Å²) in [6.07, 6.45) is 0. The zero-order valence-electron chi connectivity index (χ0n) is 13.7.